The van der Waals surface area contributed by atoms with Crippen LogP contribution in [0.1, 0.15) is 51.4 Å². The number of nitrogens with two attached hydrogens (primary N) is 1. The van der Waals surface area contributed by atoms with Crippen molar-refractivity contribution in [1.82, 2.24) is 0 Å². The van der Waals surface area contributed by atoms with E-state index in [4.69, 9.17) is 5.73 Å². The van der Waals surface area contributed by atoms with Gasteiger partial charge in [-0.3, -0.25) is 4.79 Å². The standard InChI is InChI=1S/C18H29N3O/c19-12-5-2-6-13-20-16-10-7-11-17(14-16)21-18(22)15-8-3-1-4-9-15/h7,10-11,14-15,20H,1-6,8-9,12-13,19H2,(H,21,22). The lowest BCUT2D eigenvalue weighted by molar-refractivity contribution is -0.120. The van der Waals surface area contributed by atoms with Gasteiger partial charge in [-0.15, -0.1) is 0 Å². The van der Waals surface area contributed by atoms with Crippen molar-refractivity contribution in [3.63, 3.8) is 0 Å². The molecule has 0 saturated heterocycles. The van der Waals surface area contributed by atoms with Crippen LogP contribution in [0.3, 0.4) is 0 Å². The van der Waals surface area contributed by atoms with E-state index in [1.165, 1.54) is 19.3 Å². The van der Waals surface area contributed by atoms with Crippen molar-refractivity contribution in [2.24, 2.45) is 11.7 Å². The predicted molar refractivity (Wildman–Crippen MR) is 93.0 cm³/mol. The van der Waals surface area contributed by atoms with Gasteiger partial charge in [0.25, 0.3) is 0 Å². The quantitative estimate of drug-likeness (QED) is 0.641. The zero-order chi connectivity index (χ0) is 15.6. The second-order valence-corrected chi connectivity index (χ2v) is 6.18. The molecule has 1 aliphatic carbocycles. The normalized spacial score (nSPS) is 15.5. The van der Waals surface area contributed by atoms with Crippen molar-refractivity contribution in [2.75, 3.05) is 23.7 Å². The monoisotopic (exact) mass is 303 g/mol. The highest BCUT2D eigenvalue weighted by Gasteiger charge is 2.20. The lowest BCUT2D eigenvalue weighted by Gasteiger charge is -2.21. The van der Waals surface area contributed by atoms with E-state index in [1.54, 1.807) is 0 Å². The van der Waals surface area contributed by atoms with Gasteiger partial charge >= 0.3 is 0 Å². The molecule has 0 aliphatic heterocycles. The molecule has 122 valence electrons. The van der Waals surface area contributed by atoms with Crippen LogP contribution >= 0.6 is 0 Å². The van der Waals surface area contributed by atoms with Gasteiger partial charge in [0.05, 0.1) is 0 Å². The third-order valence-corrected chi connectivity index (χ3v) is 4.32. The zero-order valence-electron chi connectivity index (χ0n) is 13.4. The van der Waals surface area contributed by atoms with Gasteiger partial charge in [0, 0.05) is 23.8 Å². The molecule has 4 nitrogen and oxygen atoms in total. The summed E-state index contributed by atoms with van der Waals surface area (Å²) in [4.78, 5) is 12.3. The third kappa shape index (κ3) is 5.68. The number of hydrogen-bond donors (Lipinski definition) is 3. The van der Waals surface area contributed by atoms with Gasteiger partial charge < -0.3 is 16.4 Å². The van der Waals surface area contributed by atoms with Crippen LogP contribution in [-0.4, -0.2) is 19.0 Å². The van der Waals surface area contributed by atoms with Crippen molar-refractivity contribution >= 4 is 17.3 Å². The Morgan fingerprint density at radius 2 is 1.86 bits per heavy atom. The molecular formula is C18H29N3O. The largest absolute Gasteiger partial charge is 0.385 e. The Kier molecular flexibility index (Phi) is 7.23. The Hall–Kier alpha value is -1.55. The summed E-state index contributed by atoms with van der Waals surface area (Å²) in [5.41, 5.74) is 7.44. The van der Waals surface area contributed by atoms with Crippen LogP contribution < -0.4 is 16.4 Å². The second-order valence-electron chi connectivity index (χ2n) is 6.18. The van der Waals surface area contributed by atoms with Crippen LogP contribution in [0.15, 0.2) is 24.3 Å². The average molecular weight is 303 g/mol. The van der Waals surface area contributed by atoms with Gasteiger partial charge in [0.15, 0.2) is 0 Å². The van der Waals surface area contributed by atoms with E-state index in [9.17, 15) is 4.79 Å². The van der Waals surface area contributed by atoms with E-state index < -0.39 is 0 Å². The second kappa shape index (κ2) is 9.46. The summed E-state index contributed by atoms with van der Waals surface area (Å²) in [6.07, 6.45) is 9.06. The minimum Gasteiger partial charge on any atom is -0.385 e. The molecule has 22 heavy (non-hydrogen) atoms. The number of rotatable bonds is 8. The van der Waals surface area contributed by atoms with E-state index >= 15 is 0 Å². The molecule has 2 rings (SSSR count). The van der Waals surface area contributed by atoms with E-state index in [-0.39, 0.29) is 11.8 Å². The van der Waals surface area contributed by atoms with Crippen LogP contribution in [0.4, 0.5) is 11.4 Å². The Balaban J connectivity index is 1.78. The van der Waals surface area contributed by atoms with Crippen LogP contribution in [0, 0.1) is 5.92 Å². The molecule has 0 aromatic heterocycles. The summed E-state index contributed by atoms with van der Waals surface area (Å²) in [5.74, 6) is 0.376. The zero-order valence-corrected chi connectivity index (χ0v) is 13.4. The highest BCUT2D eigenvalue weighted by Crippen LogP contribution is 2.25. The van der Waals surface area contributed by atoms with Crippen molar-refractivity contribution < 1.29 is 4.79 Å². The number of carbonyl (C=O) groups excluding carboxylic acids is 1. The summed E-state index contributed by atoms with van der Waals surface area (Å²) < 4.78 is 0. The molecule has 4 N–H and O–H groups in total. The van der Waals surface area contributed by atoms with E-state index in [0.29, 0.717) is 0 Å². The smallest absolute Gasteiger partial charge is 0.227 e. The number of nitrogens with one attached hydrogen (secondary N) is 2. The van der Waals surface area contributed by atoms with Crippen LogP contribution in [0.2, 0.25) is 0 Å². The lowest BCUT2D eigenvalue weighted by atomic mass is 9.88. The lowest BCUT2D eigenvalue weighted by Crippen LogP contribution is -2.24. The number of anilines is 2. The van der Waals surface area contributed by atoms with Crippen molar-refractivity contribution in [3.05, 3.63) is 24.3 Å². The Morgan fingerprint density at radius 1 is 1.09 bits per heavy atom. The first kappa shape index (κ1) is 16.8. The Bertz CT molecular complexity index is 455. The first-order valence-corrected chi connectivity index (χ1v) is 8.64. The summed E-state index contributed by atoms with van der Waals surface area (Å²) >= 11 is 0. The van der Waals surface area contributed by atoms with Crippen molar-refractivity contribution in [3.8, 4) is 0 Å². The fourth-order valence-corrected chi connectivity index (χ4v) is 2.99. The Labute approximate surface area is 133 Å². The molecule has 0 spiro atoms. The minimum absolute atomic E-state index is 0.180. The Morgan fingerprint density at radius 3 is 2.64 bits per heavy atom. The molecule has 1 saturated carbocycles. The molecule has 1 aromatic carbocycles. The fraction of sp³-hybridized carbons (Fsp3) is 0.611. The van der Waals surface area contributed by atoms with Crippen molar-refractivity contribution in [1.29, 1.82) is 0 Å². The van der Waals surface area contributed by atoms with Crippen LogP contribution in [-0.2, 0) is 4.79 Å². The molecule has 0 bridgehead atoms. The van der Waals surface area contributed by atoms with Crippen molar-refractivity contribution in [2.45, 2.75) is 51.4 Å². The first-order valence-electron chi connectivity index (χ1n) is 8.64. The van der Waals surface area contributed by atoms with E-state index in [2.05, 4.69) is 10.6 Å². The number of unbranched alkanes of at least 4 members (excludes halogenated alkanes) is 2. The molecule has 0 atom stereocenters. The molecule has 1 aliphatic rings. The molecule has 0 unspecified atom stereocenters. The molecule has 1 amide bonds. The van der Waals surface area contributed by atoms with Crippen LogP contribution in [0.25, 0.3) is 0 Å². The summed E-state index contributed by atoms with van der Waals surface area (Å²) in [6.45, 7) is 1.71. The van der Waals surface area contributed by atoms with Gasteiger partial charge in [0.1, 0.15) is 0 Å². The SMILES string of the molecule is NCCCCCNc1cccc(NC(=O)C2CCCCC2)c1. The topological polar surface area (TPSA) is 67.2 Å². The van der Waals surface area contributed by atoms with Gasteiger partial charge in [-0.05, 0) is 50.4 Å². The maximum atomic E-state index is 12.3. The molecule has 0 heterocycles. The minimum atomic E-state index is 0.180. The van der Waals surface area contributed by atoms with E-state index in [1.807, 2.05) is 24.3 Å². The highest BCUT2D eigenvalue weighted by molar-refractivity contribution is 5.93. The maximum Gasteiger partial charge on any atom is 0.227 e. The third-order valence-electron chi connectivity index (χ3n) is 4.32. The van der Waals surface area contributed by atoms with Gasteiger partial charge in [-0.25, -0.2) is 0 Å². The van der Waals surface area contributed by atoms with Gasteiger partial charge in [-0.2, -0.15) is 0 Å². The summed E-state index contributed by atoms with van der Waals surface area (Å²) in [7, 11) is 0. The number of benzene rings is 1. The molecule has 0 radical (unpaired) electrons. The van der Waals surface area contributed by atoms with Crippen LogP contribution in [0.5, 0.6) is 0 Å². The molecular weight excluding hydrogens is 274 g/mol. The average Bonchev–Trinajstić information content (AvgIpc) is 2.56. The van der Waals surface area contributed by atoms with Gasteiger partial charge in [0.2, 0.25) is 5.91 Å². The molecule has 4 heteroatoms. The predicted octanol–water partition coefficient (Wildman–Crippen LogP) is 3.75. The van der Waals surface area contributed by atoms with E-state index in [0.717, 1.165) is 56.6 Å². The number of amides is 1. The summed E-state index contributed by atoms with van der Waals surface area (Å²) in [5, 5.41) is 6.47. The summed E-state index contributed by atoms with van der Waals surface area (Å²) in [6, 6.07) is 8.00. The first-order chi connectivity index (χ1) is 10.8. The number of carbonyl (C=O) groups is 1. The maximum absolute atomic E-state index is 12.3. The molecule has 1 aromatic rings. The fourth-order valence-electron chi connectivity index (χ4n) is 2.99. The number of hydrogen-bond acceptors (Lipinski definition) is 3. The highest BCUT2D eigenvalue weighted by atomic mass is 16.1. The van der Waals surface area contributed by atoms with Gasteiger partial charge in [-0.1, -0.05) is 31.7 Å². The molecule has 1 fully saturated rings.